The van der Waals surface area contributed by atoms with Gasteiger partial charge < -0.3 is 9.30 Å². The molecule has 0 amide bonds. The summed E-state index contributed by atoms with van der Waals surface area (Å²) in [6.45, 7) is 4.42. The summed E-state index contributed by atoms with van der Waals surface area (Å²) in [6, 6.07) is 6.33. The highest BCUT2D eigenvalue weighted by Crippen LogP contribution is 2.36. The first-order valence-corrected chi connectivity index (χ1v) is 7.03. The number of ether oxygens (including phenoxy) is 1. The number of methoxy groups -OCH3 is 1. The van der Waals surface area contributed by atoms with E-state index in [1.54, 1.807) is 19.6 Å². The molecule has 1 aromatic heterocycles. The summed E-state index contributed by atoms with van der Waals surface area (Å²) in [6.07, 6.45) is 7.57. The van der Waals surface area contributed by atoms with Gasteiger partial charge in [-0.15, -0.1) is 0 Å². The molecule has 0 aliphatic rings. The lowest BCUT2D eigenvalue weighted by Gasteiger charge is -2.24. The fraction of sp³-hybridized carbons (Fsp3) is 0.357. The molecule has 0 saturated heterocycles. The van der Waals surface area contributed by atoms with Crippen LogP contribution in [0.15, 0.2) is 36.9 Å². The van der Waals surface area contributed by atoms with E-state index in [-0.39, 0.29) is 4.75 Å². The second-order valence-corrected chi connectivity index (χ2v) is 6.00. The maximum absolute atomic E-state index is 5.49. The number of rotatable bonds is 4. The number of hydrogen-bond donors (Lipinski definition) is 0. The van der Waals surface area contributed by atoms with Gasteiger partial charge >= 0.3 is 0 Å². The second kappa shape index (κ2) is 5.06. The van der Waals surface area contributed by atoms with Crippen molar-refractivity contribution in [2.75, 3.05) is 13.4 Å². The van der Waals surface area contributed by atoms with Crippen molar-refractivity contribution in [1.29, 1.82) is 0 Å². The molecule has 0 unspecified atom stereocenters. The Balaban J connectivity index is 2.47. The lowest BCUT2D eigenvalue weighted by atomic mass is 10.0. The third-order valence-corrected chi connectivity index (χ3v) is 4.42. The van der Waals surface area contributed by atoms with E-state index in [1.165, 1.54) is 5.56 Å². The van der Waals surface area contributed by atoms with Crippen LogP contribution in [0, 0.1) is 0 Å². The minimum atomic E-state index is 0.0841. The van der Waals surface area contributed by atoms with Crippen molar-refractivity contribution in [3.05, 3.63) is 42.5 Å². The molecule has 0 radical (unpaired) electrons. The maximum Gasteiger partial charge on any atom is 0.143 e. The highest BCUT2D eigenvalue weighted by molar-refractivity contribution is 7.99. The summed E-state index contributed by atoms with van der Waals surface area (Å²) in [4.78, 5) is 4.06. The second-order valence-electron chi connectivity index (χ2n) is 4.57. The summed E-state index contributed by atoms with van der Waals surface area (Å²) >= 11 is 1.83. The summed E-state index contributed by atoms with van der Waals surface area (Å²) < 4.78 is 7.53. The first-order valence-electron chi connectivity index (χ1n) is 5.80. The highest BCUT2D eigenvalue weighted by Gasteiger charge is 2.20. The van der Waals surface area contributed by atoms with Crippen LogP contribution >= 0.6 is 11.8 Å². The molecule has 96 valence electrons. The average Bonchev–Trinajstić information content (AvgIpc) is 2.91. The standard InChI is InChI=1S/C14H18N2OS/c1-14(2,18-4)11-5-6-12(13(9-11)17-3)16-8-7-15-10-16/h5-10H,1-4H3. The van der Waals surface area contributed by atoms with E-state index in [2.05, 4.69) is 43.3 Å². The van der Waals surface area contributed by atoms with Gasteiger partial charge in [0.1, 0.15) is 5.75 Å². The van der Waals surface area contributed by atoms with Gasteiger partial charge in [-0.05, 0) is 37.8 Å². The molecule has 18 heavy (non-hydrogen) atoms. The van der Waals surface area contributed by atoms with Crippen molar-refractivity contribution in [3.63, 3.8) is 0 Å². The summed E-state index contributed by atoms with van der Waals surface area (Å²) in [5.41, 5.74) is 2.27. The topological polar surface area (TPSA) is 27.1 Å². The normalized spacial score (nSPS) is 11.6. The van der Waals surface area contributed by atoms with Crippen LogP contribution in [0.2, 0.25) is 0 Å². The van der Waals surface area contributed by atoms with Crippen LogP contribution in [0.25, 0.3) is 5.69 Å². The van der Waals surface area contributed by atoms with Crippen molar-refractivity contribution in [3.8, 4) is 11.4 Å². The molecule has 0 bridgehead atoms. The van der Waals surface area contributed by atoms with Crippen LogP contribution in [0.1, 0.15) is 19.4 Å². The quantitative estimate of drug-likeness (QED) is 0.844. The van der Waals surface area contributed by atoms with E-state index in [9.17, 15) is 0 Å². The Morgan fingerprint density at radius 1 is 1.33 bits per heavy atom. The van der Waals surface area contributed by atoms with Crippen LogP contribution in [0.3, 0.4) is 0 Å². The lowest BCUT2D eigenvalue weighted by molar-refractivity contribution is 0.412. The largest absolute Gasteiger partial charge is 0.495 e. The van der Waals surface area contributed by atoms with E-state index in [0.717, 1.165) is 11.4 Å². The molecule has 1 aromatic carbocycles. The monoisotopic (exact) mass is 262 g/mol. The zero-order chi connectivity index (χ0) is 13.2. The lowest BCUT2D eigenvalue weighted by Crippen LogP contribution is -2.11. The van der Waals surface area contributed by atoms with Crippen molar-refractivity contribution in [2.45, 2.75) is 18.6 Å². The third-order valence-electron chi connectivity index (χ3n) is 3.17. The highest BCUT2D eigenvalue weighted by atomic mass is 32.2. The molecular weight excluding hydrogens is 244 g/mol. The fourth-order valence-electron chi connectivity index (χ4n) is 1.78. The van der Waals surface area contributed by atoms with Crippen molar-refractivity contribution < 1.29 is 4.74 Å². The number of benzene rings is 1. The van der Waals surface area contributed by atoms with Crippen LogP contribution in [-0.4, -0.2) is 22.9 Å². The minimum Gasteiger partial charge on any atom is -0.495 e. The Hall–Kier alpha value is -1.42. The molecule has 1 heterocycles. The molecule has 3 nitrogen and oxygen atoms in total. The molecule has 0 aliphatic heterocycles. The molecule has 0 aliphatic carbocycles. The maximum atomic E-state index is 5.49. The van der Waals surface area contributed by atoms with E-state index in [1.807, 2.05) is 22.5 Å². The van der Waals surface area contributed by atoms with Gasteiger partial charge in [0, 0.05) is 17.1 Å². The summed E-state index contributed by atoms with van der Waals surface area (Å²) in [5, 5.41) is 0. The summed E-state index contributed by atoms with van der Waals surface area (Å²) in [7, 11) is 1.70. The van der Waals surface area contributed by atoms with E-state index in [0.29, 0.717) is 0 Å². The van der Waals surface area contributed by atoms with Gasteiger partial charge in [-0.1, -0.05) is 6.07 Å². The predicted molar refractivity (Wildman–Crippen MR) is 76.7 cm³/mol. The van der Waals surface area contributed by atoms with Gasteiger partial charge in [-0.3, -0.25) is 0 Å². The van der Waals surface area contributed by atoms with Gasteiger partial charge in [0.15, 0.2) is 0 Å². The molecule has 0 saturated carbocycles. The molecule has 2 aromatic rings. The van der Waals surface area contributed by atoms with E-state index >= 15 is 0 Å². The predicted octanol–water partition coefficient (Wildman–Crippen LogP) is 3.48. The van der Waals surface area contributed by atoms with Gasteiger partial charge in [0.2, 0.25) is 0 Å². The average molecular weight is 262 g/mol. The Morgan fingerprint density at radius 3 is 2.67 bits per heavy atom. The van der Waals surface area contributed by atoms with Crippen LogP contribution < -0.4 is 4.74 Å². The van der Waals surface area contributed by atoms with Gasteiger partial charge in [-0.2, -0.15) is 11.8 Å². The zero-order valence-electron chi connectivity index (χ0n) is 11.2. The molecular formula is C14H18N2OS. The molecule has 0 N–H and O–H groups in total. The zero-order valence-corrected chi connectivity index (χ0v) is 12.0. The Morgan fingerprint density at radius 2 is 2.11 bits per heavy atom. The van der Waals surface area contributed by atoms with E-state index < -0.39 is 0 Å². The Bertz CT molecular complexity index is 521. The molecule has 2 rings (SSSR count). The molecule has 0 atom stereocenters. The van der Waals surface area contributed by atoms with Crippen LogP contribution in [0.4, 0.5) is 0 Å². The third kappa shape index (κ3) is 2.38. The van der Waals surface area contributed by atoms with Crippen molar-refractivity contribution in [2.24, 2.45) is 0 Å². The van der Waals surface area contributed by atoms with Gasteiger partial charge in [-0.25, -0.2) is 4.98 Å². The number of nitrogens with zero attached hydrogens (tertiary/aromatic N) is 2. The summed E-state index contributed by atoms with van der Waals surface area (Å²) in [5.74, 6) is 0.868. The fourth-order valence-corrected chi connectivity index (χ4v) is 2.15. The Kier molecular flexibility index (Phi) is 3.66. The molecule has 4 heteroatoms. The van der Waals surface area contributed by atoms with Crippen molar-refractivity contribution in [1.82, 2.24) is 9.55 Å². The molecule has 0 spiro atoms. The smallest absolute Gasteiger partial charge is 0.143 e. The number of hydrogen-bond acceptors (Lipinski definition) is 3. The molecule has 0 fully saturated rings. The number of aromatic nitrogens is 2. The first kappa shape index (κ1) is 13.0. The minimum absolute atomic E-state index is 0.0841. The number of imidazole rings is 1. The van der Waals surface area contributed by atoms with Gasteiger partial charge in [0.05, 0.1) is 19.1 Å². The van der Waals surface area contributed by atoms with Crippen LogP contribution in [0.5, 0.6) is 5.75 Å². The van der Waals surface area contributed by atoms with E-state index in [4.69, 9.17) is 4.74 Å². The van der Waals surface area contributed by atoms with Crippen LogP contribution in [-0.2, 0) is 4.75 Å². The number of thioether (sulfide) groups is 1. The van der Waals surface area contributed by atoms with Crippen molar-refractivity contribution >= 4 is 11.8 Å². The SMILES string of the molecule is COc1cc(C(C)(C)SC)ccc1-n1ccnc1. The first-order chi connectivity index (χ1) is 8.58. The van der Waals surface area contributed by atoms with Gasteiger partial charge in [0.25, 0.3) is 0 Å². The Labute approximate surface area is 112 Å².